The molecule has 0 bridgehead atoms. The summed E-state index contributed by atoms with van der Waals surface area (Å²) in [4.78, 5) is 0. The molecule has 2 heteroatoms. The van der Waals surface area contributed by atoms with E-state index in [0.29, 0.717) is 12.5 Å². The minimum Gasteiger partial charge on any atom is -0.387 e. The number of aliphatic hydroxyl groups is 1. The third kappa shape index (κ3) is 3.56. The van der Waals surface area contributed by atoms with Crippen molar-refractivity contribution in [2.75, 3.05) is 13.1 Å². The Morgan fingerprint density at radius 2 is 1.78 bits per heavy atom. The van der Waals surface area contributed by atoms with Crippen molar-refractivity contribution in [2.45, 2.75) is 45.1 Å². The molecule has 1 aromatic carbocycles. The van der Waals surface area contributed by atoms with E-state index in [0.717, 1.165) is 18.0 Å². The fourth-order valence-electron chi connectivity index (χ4n) is 2.34. The van der Waals surface area contributed by atoms with Gasteiger partial charge in [0.15, 0.2) is 0 Å². The molecule has 1 unspecified atom stereocenters. The van der Waals surface area contributed by atoms with Gasteiger partial charge in [-0.05, 0) is 42.3 Å². The molecule has 0 aromatic heterocycles. The van der Waals surface area contributed by atoms with E-state index in [1.807, 2.05) is 12.1 Å². The summed E-state index contributed by atoms with van der Waals surface area (Å²) in [6.07, 6.45) is 3.70. The highest BCUT2D eigenvalue weighted by molar-refractivity contribution is 5.26. The van der Waals surface area contributed by atoms with E-state index in [9.17, 15) is 5.11 Å². The fourth-order valence-corrected chi connectivity index (χ4v) is 2.34. The number of hydrogen-bond acceptors (Lipinski definition) is 2. The van der Waals surface area contributed by atoms with E-state index >= 15 is 0 Å². The second kappa shape index (κ2) is 6.35. The zero-order valence-corrected chi connectivity index (χ0v) is 11.5. The first kappa shape index (κ1) is 13.6. The molecule has 1 atom stereocenters. The van der Waals surface area contributed by atoms with Gasteiger partial charge in [0.1, 0.15) is 0 Å². The summed E-state index contributed by atoms with van der Waals surface area (Å²) in [5.41, 5.74) is 2.34. The Kier molecular flexibility index (Phi) is 4.79. The lowest BCUT2D eigenvalue weighted by molar-refractivity contribution is 0.168. The molecule has 1 aliphatic rings. The van der Waals surface area contributed by atoms with Crippen molar-refractivity contribution in [3.8, 4) is 0 Å². The van der Waals surface area contributed by atoms with Crippen LogP contribution in [0.2, 0.25) is 0 Å². The Hall–Kier alpha value is -0.860. The van der Waals surface area contributed by atoms with E-state index < -0.39 is 0 Å². The van der Waals surface area contributed by atoms with Gasteiger partial charge in [-0.1, -0.05) is 44.5 Å². The molecule has 0 aliphatic heterocycles. The number of aliphatic hydroxyl groups excluding tert-OH is 1. The van der Waals surface area contributed by atoms with Gasteiger partial charge in [-0.2, -0.15) is 0 Å². The van der Waals surface area contributed by atoms with E-state index in [1.165, 1.54) is 24.8 Å². The molecule has 2 nitrogen and oxygen atoms in total. The monoisotopic (exact) mass is 247 g/mol. The summed E-state index contributed by atoms with van der Waals surface area (Å²) in [5.74, 6) is 1.40. The highest BCUT2D eigenvalue weighted by atomic mass is 16.3. The second-order valence-electron chi connectivity index (χ2n) is 5.79. The van der Waals surface area contributed by atoms with Gasteiger partial charge in [0.2, 0.25) is 0 Å². The van der Waals surface area contributed by atoms with Gasteiger partial charge in [-0.3, -0.25) is 0 Å². The van der Waals surface area contributed by atoms with Gasteiger partial charge in [-0.25, -0.2) is 0 Å². The molecule has 0 spiro atoms. The van der Waals surface area contributed by atoms with Crippen molar-refractivity contribution in [2.24, 2.45) is 5.92 Å². The zero-order chi connectivity index (χ0) is 13.0. The summed E-state index contributed by atoms with van der Waals surface area (Å²) in [5, 5.41) is 13.5. The van der Waals surface area contributed by atoms with E-state index in [1.54, 1.807) is 0 Å². The van der Waals surface area contributed by atoms with E-state index in [4.69, 9.17) is 0 Å². The van der Waals surface area contributed by atoms with Crippen molar-refractivity contribution in [1.82, 2.24) is 5.32 Å². The zero-order valence-electron chi connectivity index (χ0n) is 11.5. The molecule has 1 fully saturated rings. The van der Waals surface area contributed by atoms with Crippen LogP contribution < -0.4 is 5.32 Å². The van der Waals surface area contributed by atoms with Crippen molar-refractivity contribution in [3.05, 3.63) is 35.4 Å². The first-order valence-corrected chi connectivity index (χ1v) is 7.15. The maximum Gasteiger partial charge on any atom is 0.0914 e. The lowest BCUT2D eigenvalue weighted by Gasteiger charge is -2.26. The lowest BCUT2D eigenvalue weighted by Crippen LogP contribution is -2.30. The Morgan fingerprint density at radius 3 is 2.28 bits per heavy atom. The van der Waals surface area contributed by atoms with Gasteiger partial charge in [0.25, 0.3) is 0 Å². The quantitative estimate of drug-likeness (QED) is 0.809. The Balaban J connectivity index is 1.78. The number of hydrogen-bond donors (Lipinski definition) is 2. The van der Waals surface area contributed by atoms with Crippen molar-refractivity contribution in [3.63, 3.8) is 0 Å². The fraction of sp³-hybridized carbons (Fsp3) is 0.625. The second-order valence-corrected chi connectivity index (χ2v) is 5.79. The molecule has 18 heavy (non-hydrogen) atoms. The Bertz CT molecular complexity index is 354. The third-order valence-electron chi connectivity index (χ3n) is 3.98. The SMILES string of the molecule is CC(C)c1ccc(C(O)CNCC2CCC2)cc1. The first-order chi connectivity index (χ1) is 8.66. The van der Waals surface area contributed by atoms with Crippen molar-refractivity contribution < 1.29 is 5.11 Å². The maximum atomic E-state index is 10.1. The summed E-state index contributed by atoms with van der Waals surface area (Å²) < 4.78 is 0. The Labute approximate surface area is 110 Å². The first-order valence-electron chi connectivity index (χ1n) is 7.15. The van der Waals surface area contributed by atoms with Gasteiger partial charge in [-0.15, -0.1) is 0 Å². The molecule has 0 amide bonds. The van der Waals surface area contributed by atoms with Crippen LogP contribution in [0.15, 0.2) is 24.3 Å². The minimum atomic E-state index is -0.383. The van der Waals surface area contributed by atoms with Crippen LogP contribution in [0, 0.1) is 5.92 Å². The predicted octanol–water partition coefficient (Wildman–Crippen LogP) is 3.23. The number of nitrogens with one attached hydrogen (secondary N) is 1. The Morgan fingerprint density at radius 1 is 1.17 bits per heavy atom. The normalized spacial score (nSPS) is 17.8. The minimum absolute atomic E-state index is 0.383. The topological polar surface area (TPSA) is 32.3 Å². The highest BCUT2D eigenvalue weighted by Gasteiger charge is 2.17. The molecule has 0 saturated heterocycles. The summed E-state index contributed by atoms with van der Waals surface area (Å²) >= 11 is 0. The number of benzene rings is 1. The lowest BCUT2D eigenvalue weighted by atomic mass is 9.85. The molecule has 2 N–H and O–H groups in total. The van der Waals surface area contributed by atoms with Crippen LogP contribution in [-0.4, -0.2) is 18.2 Å². The van der Waals surface area contributed by atoms with Crippen LogP contribution in [0.3, 0.4) is 0 Å². The molecule has 2 rings (SSSR count). The molecule has 0 radical (unpaired) electrons. The highest BCUT2D eigenvalue weighted by Crippen LogP contribution is 2.25. The summed E-state index contributed by atoms with van der Waals surface area (Å²) in [7, 11) is 0. The van der Waals surface area contributed by atoms with Crippen LogP contribution in [0.5, 0.6) is 0 Å². The maximum absolute atomic E-state index is 10.1. The van der Waals surface area contributed by atoms with Crippen molar-refractivity contribution in [1.29, 1.82) is 0 Å². The van der Waals surface area contributed by atoms with Gasteiger partial charge in [0.05, 0.1) is 6.10 Å². The van der Waals surface area contributed by atoms with Crippen LogP contribution in [0.1, 0.15) is 56.3 Å². The predicted molar refractivity (Wildman–Crippen MR) is 75.7 cm³/mol. The van der Waals surface area contributed by atoms with E-state index in [2.05, 4.69) is 31.3 Å². The average Bonchev–Trinajstić information content (AvgIpc) is 2.32. The standard InChI is InChI=1S/C16H25NO/c1-12(2)14-6-8-15(9-7-14)16(18)11-17-10-13-4-3-5-13/h6-9,12-13,16-18H,3-5,10-11H2,1-2H3. The van der Waals surface area contributed by atoms with Crippen LogP contribution in [0.4, 0.5) is 0 Å². The van der Waals surface area contributed by atoms with Crippen molar-refractivity contribution >= 4 is 0 Å². The smallest absolute Gasteiger partial charge is 0.0914 e. The molecule has 1 saturated carbocycles. The van der Waals surface area contributed by atoms with E-state index in [-0.39, 0.29) is 6.10 Å². The largest absolute Gasteiger partial charge is 0.387 e. The molecular weight excluding hydrogens is 222 g/mol. The molecule has 0 heterocycles. The summed E-state index contributed by atoms with van der Waals surface area (Å²) in [6.45, 7) is 6.09. The van der Waals surface area contributed by atoms with Gasteiger partial charge in [0, 0.05) is 6.54 Å². The molecular formula is C16H25NO. The van der Waals surface area contributed by atoms with Gasteiger partial charge < -0.3 is 10.4 Å². The van der Waals surface area contributed by atoms with Crippen LogP contribution >= 0.6 is 0 Å². The van der Waals surface area contributed by atoms with Gasteiger partial charge >= 0.3 is 0 Å². The van der Waals surface area contributed by atoms with Crippen LogP contribution in [0.25, 0.3) is 0 Å². The molecule has 1 aromatic rings. The number of rotatable bonds is 6. The molecule has 100 valence electrons. The average molecular weight is 247 g/mol. The van der Waals surface area contributed by atoms with Crippen LogP contribution in [-0.2, 0) is 0 Å². The third-order valence-corrected chi connectivity index (χ3v) is 3.98. The summed E-state index contributed by atoms with van der Waals surface area (Å²) in [6, 6.07) is 8.33. The molecule has 1 aliphatic carbocycles.